The number of hydrogen-bond acceptors (Lipinski definition) is 11. The Morgan fingerprint density at radius 3 is 1.33 bits per heavy atom. The lowest BCUT2D eigenvalue weighted by Gasteiger charge is -2.40. The Balaban J connectivity index is 2.71. The molecule has 1 fully saturated rings. The molecule has 75 heavy (non-hydrogen) atoms. The molecule has 0 amide bonds. The van der Waals surface area contributed by atoms with Crippen LogP contribution in [0.15, 0.2) is 72.9 Å². The molecule has 12 heteroatoms. The Morgan fingerprint density at radius 2 is 0.867 bits per heavy atom. The molecule has 1 aliphatic rings. The zero-order valence-electron chi connectivity index (χ0n) is 47.3. The van der Waals surface area contributed by atoms with Crippen LogP contribution in [-0.4, -0.2) is 89.2 Å². The van der Waals surface area contributed by atoms with Gasteiger partial charge < -0.3 is 39.0 Å². The average molecular weight is 1060 g/mol. The van der Waals surface area contributed by atoms with Crippen molar-refractivity contribution in [3.05, 3.63) is 72.9 Å². The quantitative estimate of drug-likeness (QED) is 0.0228. The lowest BCUT2D eigenvalue weighted by atomic mass is 9.98. The average Bonchev–Trinajstić information content (AvgIpc) is 3.39. The zero-order valence-corrected chi connectivity index (χ0v) is 47.3. The predicted octanol–water partition coefficient (Wildman–Crippen LogP) is 15.3. The summed E-state index contributed by atoms with van der Waals surface area (Å²) >= 11 is 0. The number of aliphatic carboxylic acids is 1. The molecule has 0 aromatic heterocycles. The molecular formula is C63H106O12. The molecule has 1 rings (SSSR count). The largest absolute Gasteiger partial charge is 0.479 e. The van der Waals surface area contributed by atoms with Gasteiger partial charge in [-0.1, -0.05) is 222 Å². The fourth-order valence-electron chi connectivity index (χ4n) is 8.69. The van der Waals surface area contributed by atoms with E-state index in [1.165, 1.54) is 70.6 Å². The molecule has 0 aliphatic carbocycles. The van der Waals surface area contributed by atoms with Gasteiger partial charge in [0.15, 0.2) is 24.6 Å². The number of ether oxygens (including phenoxy) is 5. The first kappa shape index (κ1) is 69.2. The Bertz CT molecular complexity index is 1580. The van der Waals surface area contributed by atoms with Crippen molar-refractivity contribution >= 4 is 23.9 Å². The first-order chi connectivity index (χ1) is 36.6. The Kier molecular flexibility index (Phi) is 47.0. The third-order valence-electron chi connectivity index (χ3n) is 13.2. The maximum atomic E-state index is 13.2. The van der Waals surface area contributed by atoms with Crippen LogP contribution in [0, 0.1) is 0 Å². The standard InChI is InChI=1S/C63H106O12/c1-4-7-10-13-16-19-22-25-27-28-30-32-34-37-40-43-46-49-55(64)71-52-54(73-56(65)50-47-44-41-38-36-33-29-26-23-20-17-14-11-8-5-2)53-72-63-61(59(68)58(67)60(75-63)62(69)70)74-57(66)51-48-45-42-39-35-31-24-21-18-15-12-9-6-3/h7,10,12,15-16,19,21,24-25,27,30,32,54,58-61,63,67-68H,4-6,8-9,11,13-14,17-18,20,22-23,26,28-29,31,33-53H2,1-3H3,(H,69,70)/b10-7-,15-12-,19-16-,24-21-,27-25-,32-30-. The highest BCUT2D eigenvalue weighted by atomic mass is 16.7. The van der Waals surface area contributed by atoms with Crippen molar-refractivity contribution in [1.29, 1.82) is 0 Å². The molecule has 1 aliphatic heterocycles. The highest BCUT2D eigenvalue weighted by Gasteiger charge is 2.50. The van der Waals surface area contributed by atoms with Gasteiger partial charge in [0.1, 0.15) is 18.8 Å². The summed E-state index contributed by atoms with van der Waals surface area (Å²) in [5.74, 6) is -3.16. The van der Waals surface area contributed by atoms with Crippen LogP contribution in [0.25, 0.3) is 0 Å². The van der Waals surface area contributed by atoms with Crippen LogP contribution >= 0.6 is 0 Å². The van der Waals surface area contributed by atoms with Gasteiger partial charge in [-0.3, -0.25) is 14.4 Å². The summed E-state index contributed by atoms with van der Waals surface area (Å²) in [5, 5.41) is 31.5. The molecule has 12 nitrogen and oxygen atoms in total. The van der Waals surface area contributed by atoms with Crippen molar-refractivity contribution in [3.8, 4) is 0 Å². The minimum absolute atomic E-state index is 0.0409. The molecule has 0 bridgehead atoms. The van der Waals surface area contributed by atoms with Gasteiger partial charge >= 0.3 is 23.9 Å². The van der Waals surface area contributed by atoms with Crippen molar-refractivity contribution in [3.63, 3.8) is 0 Å². The molecule has 0 aromatic carbocycles. The third kappa shape index (κ3) is 41.0. The molecule has 430 valence electrons. The first-order valence-corrected chi connectivity index (χ1v) is 29.9. The number of carbonyl (C=O) groups is 4. The Morgan fingerprint density at radius 1 is 0.453 bits per heavy atom. The summed E-state index contributed by atoms with van der Waals surface area (Å²) in [6, 6.07) is 0. The van der Waals surface area contributed by atoms with Gasteiger partial charge in [0.05, 0.1) is 6.61 Å². The smallest absolute Gasteiger partial charge is 0.335 e. The maximum Gasteiger partial charge on any atom is 0.335 e. The molecule has 0 spiro atoms. The van der Waals surface area contributed by atoms with Crippen LogP contribution in [0.2, 0.25) is 0 Å². The summed E-state index contributed by atoms with van der Waals surface area (Å²) in [6.45, 7) is 5.80. The molecule has 1 saturated heterocycles. The van der Waals surface area contributed by atoms with E-state index in [-0.39, 0.29) is 25.9 Å². The molecule has 3 N–H and O–H groups in total. The third-order valence-corrected chi connectivity index (χ3v) is 13.2. The monoisotopic (exact) mass is 1050 g/mol. The van der Waals surface area contributed by atoms with Gasteiger partial charge in [-0.25, -0.2) is 4.79 Å². The Hall–Kier alpha value is -3.84. The highest BCUT2D eigenvalue weighted by Crippen LogP contribution is 2.26. The van der Waals surface area contributed by atoms with Crippen LogP contribution in [0.1, 0.15) is 252 Å². The van der Waals surface area contributed by atoms with Gasteiger partial charge in [0, 0.05) is 19.3 Å². The fraction of sp³-hybridized carbons (Fsp3) is 0.746. The molecule has 0 saturated carbocycles. The van der Waals surface area contributed by atoms with E-state index in [1.54, 1.807) is 0 Å². The molecule has 0 aromatic rings. The van der Waals surface area contributed by atoms with E-state index in [4.69, 9.17) is 23.7 Å². The minimum atomic E-state index is -1.91. The fourth-order valence-corrected chi connectivity index (χ4v) is 8.69. The summed E-state index contributed by atoms with van der Waals surface area (Å²) in [5.41, 5.74) is 0. The van der Waals surface area contributed by atoms with Crippen molar-refractivity contribution in [2.45, 2.75) is 289 Å². The van der Waals surface area contributed by atoms with E-state index in [0.717, 1.165) is 122 Å². The normalized spacial score (nSPS) is 18.7. The summed E-state index contributed by atoms with van der Waals surface area (Å²) in [7, 11) is 0. The molecular weight excluding hydrogens is 949 g/mol. The second-order valence-corrected chi connectivity index (χ2v) is 20.3. The second kappa shape index (κ2) is 50.9. The summed E-state index contributed by atoms with van der Waals surface area (Å²) in [4.78, 5) is 51.1. The lowest BCUT2D eigenvalue weighted by molar-refractivity contribution is -0.301. The van der Waals surface area contributed by atoms with E-state index in [0.29, 0.717) is 19.3 Å². The molecule has 0 radical (unpaired) electrons. The van der Waals surface area contributed by atoms with Crippen molar-refractivity contribution < 1.29 is 58.2 Å². The maximum absolute atomic E-state index is 13.2. The van der Waals surface area contributed by atoms with Crippen LogP contribution in [0.5, 0.6) is 0 Å². The number of aliphatic hydroxyl groups excluding tert-OH is 2. The van der Waals surface area contributed by atoms with Crippen molar-refractivity contribution in [2.24, 2.45) is 0 Å². The van der Waals surface area contributed by atoms with E-state index in [1.807, 2.05) is 0 Å². The minimum Gasteiger partial charge on any atom is -0.479 e. The molecule has 6 atom stereocenters. The molecule has 6 unspecified atom stereocenters. The van der Waals surface area contributed by atoms with Crippen LogP contribution in [0.3, 0.4) is 0 Å². The van der Waals surface area contributed by atoms with E-state index >= 15 is 0 Å². The number of carboxylic acid groups (broad SMARTS) is 1. The first-order valence-electron chi connectivity index (χ1n) is 29.9. The number of unbranched alkanes of at least 4 members (excludes halogenated alkanes) is 24. The van der Waals surface area contributed by atoms with Crippen LogP contribution < -0.4 is 0 Å². The summed E-state index contributed by atoms with van der Waals surface area (Å²) < 4.78 is 28.4. The topological polar surface area (TPSA) is 175 Å². The number of rotatable bonds is 50. The van der Waals surface area contributed by atoms with Gasteiger partial charge in [0.2, 0.25) is 0 Å². The van der Waals surface area contributed by atoms with Crippen LogP contribution in [-0.2, 0) is 42.9 Å². The van der Waals surface area contributed by atoms with E-state index in [2.05, 4.69) is 93.7 Å². The summed E-state index contributed by atoms with van der Waals surface area (Å²) in [6.07, 6.45) is 51.5. The predicted molar refractivity (Wildman–Crippen MR) is 303 cm³/mol. The van der Waals surface area contributed by atoms with E-state index in [9.17, 15) is 34.5 Å². The number of esters is 3. The van der Waals surface area contributed by atoms with Gasteiger partial charge in [-0.2, -0.15) is 0 Å². The second-order valence-electron chi connectivity index (χ2n) is 20.3. The Labute approximate surface area is 455 Å². The van der Waals surface area contributed by atoms with Gasteiger partial charge in [0.25, 0.3) is 0 Å². The van der Waals surface area contributed by atoms with E-state index < -0.39 is 67.3 Å². The number of hydrogen-bond donors (Lipinski definition) is 3. The SMILES string of the molecule is CC/C=C\C/C=C\C/C=C\C/C=C\CCCCCCC(=O)OCC(COC1OC(C(=O)O)C(O)C(O)C1OC(=O)CCCCCCC/C=C\C/C=C\CCC)OC(=O)CCCCCCCCCCCCCCCCC. The van der Waals surface area contributed by atoms with Crippen molar-refractivity contribution in [2.75, 3.05) is 13.2 Å². The lowest BCUT2D eigenvalue weighted by Crippen LogP contribution is -2.61. The van der Waals surface area contributed by atoms with Gasteiger partial charge in [-0.05, 0) is 83.5 Å². The number of allylic oxidation sites excluding steroid dienone is 12. The molecule has 1 heterocycles. The number of carbonyl (C=O) groups excluding carboxylic acids is 3. The number of aliphatic hydroxyl groups is 2. The number of carboxylic acids is 1. The van der Waals surface area contributed by atoms with Crippen molar-refractivity contribution in [1.82, 2.24) is 0 Å². The van der Waals surface area contributed by atoms with Gasteiger partial charge in [-0.15, -0.1) is 0 Å². The van der Waals surface area contributed by atoms with Crippen LogP contribution in [0.4, 0.5) is 0 Å². The highest BCUT2D eigenvalue weighted by molar-refractivity contribution is 5.74. The zero-order chi connectivity index (χ0) is 54.7.